The third-order valence-electron chi connectivity index (χ3n) is 4.96. The van der Waals surface area contributed by atoms with Crippen molar-refractivity contribution in [3.63, 3.8) is 0 Å². The number of aliphatic imine (C=N–C) groups is 1. The standard InChI is InChI=1S/C20H33N5O/c1-5-18(17-9-7-6-8-10-17)24-13-15-25(16-14-24)20(21-2)22-12-11-19(26)23(3)4/h6-10,18H,5,11-16H2,1-4H3,(H,21,22). The zero-order chi connectivity index (χ0) is 18.9. The van der Waals surface area contributed by atoms with Crippen LogP contribution in [-0.2, 0) is 4.79 Å². The molecule has 1 aliphatic heterocycles. The van der Waals surface area contributed by atoms with Crippen molar-refractivity contribution < 1.29 is 4.79 Å². The van der Waals surface area contributed by atoms with Crippen molar-refractivity contribution in [1.29, 1.82) is 0 Å². The molecule has 0 saturated carbocycles. The normalized spacial score (nSPS) is 17.1. The van der Waals surface area contributed by atoms with Crippen LogP contribution in [0.3, 0.4) is 0 Å². The predicted octanol–water partition coefficient (Wildman–Crippen LogP) is 1.81. The van der Waals surface area contributed by atoms with Gasteiger partial charge in [-0.2, -0.15) is 0 Å². The summed E-state index contributed by atoms with van der Waals surface area (Å²) in [5.41, 5.74) is 1.40. The van der Waals surface area contributed by atoms with Gasteiger partial charge in [0.1, 0.15) is 0 Å². The Bertz CT molecular complexity index is 579. The van der Waals surface area contributed by atoms with Crippen LogP contribution < -0.4 is 5.32 Å². The molecule has 0 bridgehead atoms. The molecule has 1 atom stereocenters. The van der Waals surface area contributed by atoms with E-state index in [1.807, 2.05) is 0 Å². The van der Waals surface area contributed by atoms with Gasteiger partial charge in [0.25, 0.3) is 0 Å². The van der Waals surface area contributed by atoms with E-state index >= 15 is 0 Å². The number of carbonyl (C=O) groups excluding carboxylic acids is 1. The summed E-state index contributed by atoms with van der Waals surface area (Å²) in [7, 11) is 5.38. The summed E-state index contributed by atoms with van der Waals surface area (Å²) in [6.07, 6.45) is 1.60. The third-order valence-corrected chi connectivity index (χ3v) is 4.96. The fourth-order valence-corrected chi connectivity index (χ4v) is 3.46. The van der Waals surface area contributed by atoms with Gasteiger partial charge >= 0.3 is 0 Å². The molecular formula is C20H33N5O. The molecule has 1 aliphatic rings. The Morgan fingerprint density at radius 2 is 1.85 bits per heavy atom. The van der Waals surface area contributed by atoms with E-state index in [0.717, 1.165) is 38.6 Å². The number of carbonyl (C=O) groups is 1. The number of rotatable bonds is 6. The second-order valence-electron chi connectivity index (χ2n) is 6.87. The van der Waals surface area contributed by atoms with Gasteiger partial charge < -0.3 is 15.1 Å². The lowest BCUT2D eigenvalue weighted by atomic mass is 10.0. The van der Waals surface area contributed by atoms with Gasteiger partial charge in [0.05, 0.1) is 0 Å². The molecule has 0 aromatic heterocycles. The quantitative estimate of drug-likeness (QED) is 0.622. The van der Waals surface area contributed by atoms with Gasteiger partial charge in [-0.15, -0.1) is 0 Å². The number of nitrogens with zero attached hydrogens (tertiary/aromatic N) is 4. The molecule has 1 saturated heterocycles. The van der Waals surface area contributed by atoms with Crippen LogP contribution >= 0.6 is 0 Å². The van der Waals surface area contributed by atoms with Gasteiger partial charge in [0.15, 0.2) is 5.96 Å². The zero-order valence-electron chi connectivity index (χ0n) is 16.6. The summed E-state index contributed by atoms with van der Waals surface area (Å²) < 4.78 is 0. The van der Waals surface area contributed by atoms with Gasteiger partial charge in [-0.25, -0.2) is 0 Å². The van der Waals surface area contributed by atoms with Gasteiger partial charge in [0.2, 0.25) is 5.91 Å². The molecule has 26 heavy (non-hydrogen) atoms. The smallest absolute Gasteiger partial charge is 0.223 e. The molecule has 2 rings (SSSR count). The Labute approximate surface area is 157 Å². The molecule has 1 unspecified atom stereocenters. The maximum atomic E-state index is 11.7. The van der Waals surface area contributed by atoms with Crippen molar-refractivity contribution in [3.05, 3.63) is 35.9 Å². The second-order valence-corrected chi connectivity index (χ2v) is 6.87. The van der Waals surface area contributed by atoms with Crippen LogP contribution in [0.2, 0.25) is 0 Å². The van der Waals surface area contributed by atoms with Crippen LogP contribution in [0.5, 0.6) is 0 Å². The molecule has 0 spiro atoms. The van der Waals surface area contributed by atoms with Crippen molar-refractivity contribution >= 4 is 11.9 Å². The summed E-state index contributed by atoms with van der Waals surface area (Å²) in [4.78, 5) is 22.6. The first kappa shape index (κ1) is 20.2. The number of piperazine rings is 1. The van der Waals surface area contributed by atoms with Crippen LogP contribution in [-0.4, -0.2) is 80.4 Å². The summed E-state index contributed by atoms with van der Waals surface area (Å²) >= 11 is 0. The van der Waals surface area contributed by atoms with E-state index in [2.05, 4.69) is 57.4 Å². The highest BCUT2D eigenvalue weighted by Gasteiger charge is 2.25. The van der Waals surface area contributed by atoms with Gasteiger partial charge in [-0.05, 0) is 12.0 Å². The Kier molecular flexibility index (Phi) is 7.91. The van der Waals surface area contributed by atoms with Gasteiger partial charge in [0, 0.05) is 66.3 Å². The lowest BCUT2D eigenvalue weighted by Gasteiger charge is -2.40. The minimum Gasteiger partial charge on any atom is -0.356 e. The molecule has 6 heteroatoms. The van der Waals surface area contributed by atoms with Crippen LogP contribution in [0.4, 0.5) is 0 Å². The molecule has 6 nitrogen and oxygen atoms in total. The molecular weight excluding hydrogens is 326 g/mol. The molecule has 1 amide bonds. The largest absolute Gasteiger partial charge is 0.356 e. The highest BCUT2D eigenvalue weighted by atomic mass is 16.2. The van der Waals surface area contributed by atoms with E-state index in [9.17, 15) is 4.79 Å². The Morgan fingerprint density at radius 3 is 2.38 bits per heavy atom. The highest BCUT2D eigenvalue weighted by Crippen LogP contribution is 2.25. The van der Waals surface area contributed by atoms with Crippen LogP contribution in [0.15, 0.2) is 35.3 Å². The molecule has 144 valence electrons. The molecule has 1 aromatic rings. The molecule has 1 fully saturated rings. The fourth-order valence-electron chi connectivity index (χ4n) is 3.46. The van der Waals surface area contributed by atoms with Crippen LogP contribution in [0.25, 0.3) is 0 Å². The first-order valence-corrected chi connectivity index (χ1v) is 9.51. The number of hydrogen-bond donors (Lipinski definition) is 1. The van der Waals surface area contributed by atoms with Crippen molar-refractivity contribution in [2.45, 2.75) is 25.8 Å². The number of benzene rings is 1. The molecule has 1 heterocycles. The first-order chi connectivity index (χ1) is 12.6. The number of nitrogens with one attached hydrogen (secondary N) is 1. The topological polar surface area (TPSA) is 51.2 Å². The first-order valence-electron chi connectivity index (χ1n) is 9.51. The lowest BCUT2D eigenvalue weighted by molar-refractivity contribution is -0.128. The third kappa shape index (κ3) is 5.46. The van der Waals surface area contributed by atoms with E-state index in [-0.39, 0.29) is 5.91 Å². The van der Waals surface area contributed by atoms with Crippen molar-refractivity contribution in [2.24, 2.45) is 4.99 Å². The SMILES string of the molecule is CCC(c1ccccc1)N1CCN(C(=NC)NCCC(=O)N(C)C)CC1. The Hall–Kier alpha value is -2.08. The second kappa shape index (κ2) is 10.2. The highest BCUT2D eigenvalue weighted by molar-refractivity contribution is 5.81. The Balaban J connectivity index is 1.85. The minimum absolute atomic E-state index is 0.131. The monoisotopic (exact) mass is 359 g/mol. The maximum absolute atomic E-state index is 11.7. The molecule has 0 aliphatic carbocycles. The van der Waals surface area contributed by atoms with E-state index < -0.39 is 0 Å². The van der Waals surface area contributed by atoms with Crippen LogP contribution in [0.1, 0.15) is 31.4 Å². The maximum Gasteiger partial charge on any atom is 0.223 e. The zero-order valence-corrected chi connectivity index (χ0v) is 16.6. The summed E-state index contributed by atoms with van der Waals surface area (Å²) in [6.45, 7) is 6.81. The van der Waals surface area contributed by atoms with Crippen molar-refractivity contribution in [3.8, 4) is 0 Å². The van der Waals surface area contributed by atoms with Gasteiger partial charge in [-0.3, -0.25) is 14.7 Å². The predicted molar refractivity (Wildman–Crippen MR) is 107 cm³/mol. The van der Waals surface area contributed by atoms with E-state index in [1.165, 1.54) is 5.56 Å². The lowest BCUT2D eigenvalue weighted by Crippen LogP contribution is -2.53. The molecule has 1 N–H and O–H groups in total. The molecule has 0 radical (unpaired) electrons. The van der Waals surface area contributed by atoms with Crippen molar-refractivity contribution in [1.82, 2.24) is 20.0 Å². The summed E-state index contributed by atoms with van der Waals surface area (Å²) in [5.74, 6) is 1.02. The van der Waals surface area contributed by atoms with Gasteiger partial charge in [-0.1, -0.05) is 37.3 Å². The number of guanidine groups is 1. The van der Waals surface area contributed by atoms with E-state index in [0.29, 0.717) is 19.0 Å². The average molecular weight is 360 g/mol. The van der Waals surface area contributed by atoms with E-state index in [4.69, 9.17) is 0 Å². The summed E-state index contributed by atoms with van der Waals surface area (Å²) in [5, 5.41) is 3.32. The average Bonchev–Trinajstić information content (AvgIpc) is 2.67. The molecule has 1 aromatic carbocycles. The number of amides is 1. The summed E-state index contributed by atoms with van der Waals surface area (Å²) in [6, 6.07) is 11.2. The van der Waals surface area contributed by atoms with E-state index in [1.54, 1.807) is 26.0 Å². The van der Waals surface area contributed by atoms with Crippen molar-refractivity contribution in [2.75, 3.05) is 53.9 Å². The van der Waals surface area contributed by atoms with Crippen LogP contribution in [0, 0.1) is 0 Å². The fraction of sp³-hybridized carbons (Fsp3) is 0.600. The minimum atomic E-state index is 0.131. The number of hydrogen-bond acceptors (Lipinski definition) is 3. The Morgan fingerprint density at radius 1 is 1.19 bits per heavy atom.